The van der Waals surface area contributed by atoms with Crippen molar-refractivity contribution in [1.82, 2.24) is 10.2 Å². The van der Waals surface area contributed by atoms with Gasteiger partial charge in [-0.25, -0.2) is 0 Å². The largest absolute Gasteiger partial charge is 0.325 e. The zero-order chi connectivity index (χ0) is 11.5. The van der Waals surface area contributed by atoms with Crippen LogP contribution in [0.3, 0.4) is 0 Å². The summed E-state index contributed by atoms with van der Waals surface area (Å²) in [5.74, 6) is 1.00. The average Bonchev–Trinajstić information content (AvgIpc) is 2.50. The minimum absolute atomic E-state index is 0.0791. The van der Waals surface area contributed by atoms with E-state index >= 15 is 0 Å². The Morgan fingerprint density at radius 2 is 2.06 bits per heavy atom. The summed E-state index contributed by atoms with van der Waals surface area (Å²) >= 11 is 0. The maximum atomic E-state index is 12.2. The zero-order valence-corrected chi connectivity index (χ0v) is 10.5. The summed E-state index contributed by atoms with van der Waals surface area (Å²) in [6.07, 6.45) is 7.36. The molecule has 0 spiro atoms. The van der Waals surface area contributed by atoms with Gasteiger partial charge in [-0.05, 0) is 25.2 Å². The minimum atomic E-state index is 0.0791. The summed E-state index contributed by atoms with van der Waals surface area (Å²) in [5, 5.41) is 3.32. The van der Waals surface area contributed by atoms with E-state index in [1.165, 1.54) is 32.1 Å². The van der Waals surface area contributed by atoms with Crippen LogP contribution in [0.4, 0.5) is 0 Å². The molecule has 3 atom stereocenters. The number of hydrogen-bond donors (Lipinski definition) is 1. The van der Waals surface area contributed by atoms with Crippen molar-refractivity contribution >= 4 is 5.91 Å². The average molecular weight is 224 g/mol. The third-order valence-corrected chi connectivity index (χ3v) is 4.21. The number of carbonyl (C=O) groups is 1. The first-order valence-electron chi connectivity index (χ1n) is 6.78. The summed E-state index contributed by atoms with van der Waals surface area (Å²) in [5.41, 5.74) is 0. The molecule has 2 rings (SSSR count). The van der Waals surface area contributed by atoms with Crippen molar-refractivity contribution in [2.75, 3.05) is 6.67 Å². The van der Waals surface area contributed by atoms with Crippen molar-refractivity contribution in [2.24, 2.45) is 5.92 Å². The van der Waals surface area contributed by atoms with Crippen LogP contribution in [0.15, 0.2) is 0 Å². The zero-order valence-electron chi connectivity index (χ0n) is 10.5. The highest BCUT2D eigenvalue weighted by atomic mass is 16.2. The van der Waals surface area contributed by atoms with Gasteiger partial charge < -0.3 is 4.90 Å². The second-order valence-corrected chi connectivity index (χ2v) is 5.31. The van der Waals surface area contributed by atoms with Crippen molar-refractivity contribution < 1.29 is 4.79 Å². The highest BCUT2D eigenvalue weighted by Crippen LogP contribution is 2.28. The maximum absolute atomic E-state index is 12.2. The van der Waals surface area contributed by atoms with E-state index in [4.69, 9.17) is 0 Å². The van der Waals surface area contributed by atoms with Crippen molar-refractivity contribution in [2.45, 2.75) is 64.5 Å². The fourth-order valence-electron chi connectivity index (χ4n) is 3.11. The number of nitrogens with one attached hydrogen (secondary N) is 1. The topological polar surface area (TPSA) is 32.3 Å². The molecule has 1 saturated heterocycles. The Kier molecular flexibility index (Phi) is 3.85. The molecule has 0 aromatic heterocycles. The van der Waals surface area contributed by atoms with Crippen molar-refractivity contribution in [3.63, 3.8) is 0 Å². The molecule has 2 aliphatic rings. The van der Waals surface area contributed by atoms with Crippen LogP contribution in [0.2, 0.25) is 0 Å². The fourth-order valence-corrected chi connectivity index (χ4v) is 3.11. The molecular weight excluding hydrogens is 200 g/mol. The first-order chi connectivity index (χ1) is 7.74. The first kappa shape index (κ1) is 11.9. The van der Waals surface area contributed by atoms with E-state index in [0.29, 0.717) is 17.9 Å². The minimum Gasteiger partial charge on any atom is -0.325 e. The molecule has 1 N–H and O–H groups in total. The molecule has 0 aromatic rings. The molecule has 92 valence electrons. The van der Waals surface area contributed by atoms with Gasteiger partial charge in [0, 0.05) is 6.04 Å². The van der Waals surface area contributed by atoms with Gasteiger partial charge in [0.2, 0.25) is 5.91 Å². The standard InChI is InChI=1S/C13H24N2O/c1-3-11-13(16)15(9-14-11)12-8-6-4-5-7-10(12)2/h10-12,14H,3-9H2,1-2H3. The molecule has 1 heterocycles. The molecular formula is C13H24N2O. The normalized spacial score (nSPS) is 36.5. The van der Waals surface area contributed by atoms with Crippen LogP contribution in [-0.4, -0.2) is 29.6 Å². The second-order valence-electron chi connectivity index (χ2n) is 5.31. The first-order valence-corrected chi connectivity index (χ1v) is 6.78. The van der Waals surface area contributed by atoms with E-state index in [2.05, 4.69) is 24.1 Å². The van der Waals surface area contributed by atoms with Crippen molar-refractivity contribution in [3.8, 4) is 0 Å². The van der Waals surface area contributed by atoms with Gasteiger partial charge in [0.1, 0.15) is 0 Å². The van der Waals surface area contributed by atoms with E-state index in [1.54, 1.807) is 0 Å². The Morgan fingerprint density at radius 1 is 1.31 bits per heavy atom. The fraction of sp³-hybridized carbons (Fsp3) is 0.923. The Hall–Kier alpha value is -0.570. The summed E-state index contributed by atoms with van der Waals surface area (Å²) in [6, 6.07) is 0.564. The number of rotatable bonds is 2. The lowest BCUT2D eigenvalue weighted by Gasteiger charge is -2.31. The van der Waals surface area contributed by atoms with E-state index in [0.717, 1.165) is 13.1 Å². The van der Waals surface area contributed by atoms with Crippen LogP contribution in [0.1, 0.15) is 52.4 Å². The molecule has 2 fully saturated rings. The smallest absolute Gasteiger partial charge is 0.241 e. The van der Waals surface area contributed by atoms with E-state index in [-0.39, 0.29) is 6.04 Å². The van der Waals surface area contributed by atoms with Gasteiger partial charge in [-0.1, -0.05) is 33.1 Å². The van der Waals surface area contributed by atoms with Crippen LogP contribution in [0.5, 0.6) is 0 Å². The highest BCUT2D eigenvalue weighted by molar-refractivity contribution is 5.84. The predicted octanol–water partition coefficient (Wildman–Crippen LogP) is 2.12. The molecule has 1 aliphatic carbocycles. The Labute approximate surface area is 98.6 Å². The van der Waals surface area contributed by atoms with Gasteiger partial charge in [-0.15, -0.1) is 0 Å². The summed E-state index contributed by atoms with van der Waals surface area (Å²) in [7, 11) is 0. The number of amides is 1. The summed E-state index contributed by atoms with van der Waals surface area (Å²) < 4.78 is 0. The number of hydrogen-bond acceptors (Lipinski definition) is 2. The lowest BCUT2D eigenvalue weighted by molar-refractivity contribution is -0.131. The quantitative estimate of drug-likeness (QED) is 0.729. The Bertz CT molecular complexity index is 254. The van der Waals surface area contributed by atoms with Gasteiger partial charge in [-0.2, -0.15) is 0 Å². The van der Waals surface area contributed by atoms with Crippen LogP contribution in [0, 0.1) is 5.92 Å². The molecule has 1 aliphatic heterocycles. The number of carbonyl (C=O) groups excluding carboxylic acids is 1. The van der Waals surface area contributed by atoms with Crippen LogP contribution >= 0.6 is 0 Å². The van der Waals surface area contributed by atoms with E-state index in [9.17, 15) is 4.79 Å². The molecule has 3 heteroatoms. The van der Waals surface area contributed by atoms with Gasteiger partial charge in [0.25, 0.3) is 0 Å². The Morgan fingerprint density at radius 3 is 2.75 bits per heavy atom. The van der Waals surface area contributed by atoms with Crippen molar-refractivity contribution in [3.05, 3.63) is 0 Å². The molecule has 0 aromatic carbocycles. The lowest BCUT2D eigenvalue weighted by atomic mass is 9.95. The predicted molar refractivity (Wildman–Crippen MR) is 65.0 cm³/mol. The summed E-state index contributed by atoms with van der Waals surface area (Å²) in [6.45, 7) is 5.16. The van der Waals surface area contributed by atoms with Gasteiger partial charge in [-0.3, -0.25) is 10.1 Å². The van der Waals surface area contributed by atoms with Gasteiger partial charge in [0.15, 0.2) is 0 Å². The van der Waals surface area contributed by atoms with Gasteiger partial charge in [0.05, 0.1) is 12.7 Å². The second kappa shape index (κ2) is 5.17. The SMILES string of the molecule is CCC1NCN(C2CCCCCC2C)C1=O. The summed E-state index contributed by atoms with van der Waals surface area (Å²) in [4.78, 5) is 14.3. The molecule has 16 heavy (non-hydrogen) atoms. The Balaban J connectivity index is 2.03. The molecule has 1 amide bonds. The number of nitrogens with zero attached hydrogens (tertiary/aromatic N) is 1. The monoisotopic (exact) mass is 224 g/mol. The van der Waals surface area contributed by atoms with Gasteiger partial charge >= 0.3 is 0 Å². The molecule has 0 bridgehead atoms. The highest BCUT2D eigenvalue weighted by Gasteiger charge is 2.36. The van der Waals surface area contributed by atoms with Crippen molar-refractivity contribution in [1.29, 1.82) is 0 Å². The molecule has 3 unspecified atom stereocenters. The third-order valence-electron chi connectivity index (χ3n) is 4.21. The molecule has 0 radical (unpaired) electrons. The van der Waals surface area contributed by atoms with Crippen LogP contribution in [-0.2, 0) is 4.79 Å². The van der Waals surface area contributed by atoms with E-state index < -0.39 is 0 Å². The van der Waals surface area contributed by atoms with Crippen LogP contribution in [0.25, 0.3) is 0 Å². The third kappa shape index (κ3) is 2.24. The maximum Gasteiger partial charge on any atom is 0.241 e. The molecule has 1 saturated carbocycles. The molecule has 3 nitrogen and oxygen atoms in total. The van der Waals surface area contributed by atoms with Crippen LogP contribution < -0.4 is 5.32 Å². The lowest BCUT2D eigenvalue weighted by Crippen LogP contribution is -2.42. The van der Waals surface area contributed by atoms with E-state index in [1.807, 2.05) is 0 Å².